The van der Waals surface area contributed by atoms with Gasteiger partial charge in [0.15, 0.2) is 0 Å². The van der Waals surface area contributed by atoms with E-state index < -0.39 is 0 Å². The standard InChI is InChI=1S/C14H28N2O/c1-3-7-15-12-5-6-13(10-12)16-8-9-17-14(4-2)11-16/h12-15H,3-11H2,1-2H3. The Labute approximate surface area is 106 Å². The van der Waals surface area contributed by atoms with E-state index in [0.29, 0.717) is 6.10 Å². The zero-order valence-electron chi connectivity index (χ0n) is 11.5. The largest absolute Gasteiger partial charge is 0.376 e. The Hall–Kier alpha value is -0.120. The van der Waals surface area contributed by atoms with Crippen molar-refractivity contribution in [2.75, 3.05) is 26.2 Å². The van der Waals surface area contributed by atoms with Gasteiger partial charge in [0.1, 0.15) is 0 Å². The van der Waals surface area contributed by atoms with Crippen molar-refractivity contribution in [1.82, 2.24) is 10.2 Å². The third kappa shape index (κ3) is 3.67. The first-order chi connectivity index (χ1) is 8.33. The van der Waals surface area contributed by atoms with Gasteiger partial charge >= 0.3 is 0 Å². The molecule has 2 fully saturated rings. The predicted octanol–water partition coefficient (Wildman–Crippen LogP) is 2.02. The summed E-state index contributed by atoms with van der Waals surface area (Å²) >= 11 is 0. The van der Waals surface area contributed by atoms with Gasteiger partial charge in [0, 0.05) is 25.2 Å². The zero-order valence-corrected chi connectivity index (χ0v) is 11.5. The minimum atomic E-state index is 0.478. The molecule has 1 N–H and O–H groups in total. The normalized spacial score (nSPS) is 35.3. The van der Waals surface area contributed by atoms with E-state index in [1.54, 1.807) is 0 Å². The van der Waals surface area contributed by atoms with Gasteiger partial charge in [0.05, 0.1) is 12.7 Å². The van der Waals surface area contributed by atoms with Crippen LogP contribution in [0.5, 0.6) is 0 Å². The summed E-state index contributed by atoms with van der Waals surface area (Å²) in [4.78, 5) is 2.67. The zero-order chi connectivity index (χ0) is 12.1. The lowest BCUT2D eigenvalue weighted by molar-refractivity contribution is -0.0436. The van der Waals surface area contributed by atoms with Gasteiger partial charge in [-0.3, -0.25) is 4.90 Å². The molecular weight excluding hydrogens is 212 g/mol. The summed E-state index contributed by atoms with van der Waals surface area (Å²) in [5, 5.41) is 3.67. The van der Waals surface area contributed by atoms with Gasteiger partial charge in [-0.15, -0.1) is 0 Å². The van der Waals surface area contributed by atoms with E-state index in [4.69, 9.17) is 4.74 Å². The predicted molar refractivity (Wildman–Crippen MR) is 71.3 cm³/mol. The average molecular weight is 240 g/mol. The van der Waals surface area contributed by atoms with Crippen LogP contribution in [0.1, 0.15) is 46.0 Å². The number of rotatable bonds is 5. The Morgan fingerprint density at radius 2 is 2.18 bits per heavy atom. The van der Waals surface area contributed by atoms with Crippen LogP contribution in [-0.4, -0.2) is 49.3 Å². The maximum absolute atomic E-state index is 5.75. The summed E-state index contributed by atoms with van der Waals surface area (Å²) in [5.74, 6) is 0. The Morgan fingerprint density at radius 1 is 1.29 bits per heavy atom. The van der Waals surface area contributed by atoms with E-state index in [-0.39, 0.29) is 0 Å². The second-order valence-corrected chi connectivity index (χ2v) is 5.51. The maximum Gasteiger partial charge on any atom is 0.0700 e. The highest BCUT2D eigenvalue weighted by Crippen LogP contribution is 2.26. The van der Waals surface area contributed by atoms with Crippen molar-refractivity contribution in [3.05, 3.63) is 0 Å². The van der Waals surface area contributed by atoms with Crippen LogP contribution >= 0.6 is 0 Å². The fourth-order valence-corrected chi connectivity index (χ4v) is 3.14. The Kier molecular flexibility index (Phi) is 5.26. The molecule has 17 heavy (non-hydrogen) atoms. The highest BCUT2D eigenvalue weighted by molar-refractivity contribution is 4.88. The SMILES string of the molecule is CCCNC1CCC(N2CCOC(CC)C2)C1. The minimum Gasteiger partial charge on any atom is -0.376 e. The van der Waals surface area contributed by atoms with Crippen LogP contribution in [0, 0.1) is 0 Å². The lowest BCUT2D eigenvalue weighted by atomic mass is 10.1. The molecule has 3 nitrogen and oxygen atoms in total. The third-order valence-electron chi connectivity index (χ3n) is 4.23. The van der Waals surface area contributed by atoms with Gasteiger partial charge in [-0.2, -0.15) is 0 Å². The molecule has 0 spiro atoms. The van der Waals surface area contributed by atoms with Gasteiger partial charge in [-0.1, -0.05) is 13.8 Å². The molecule has 100 valence electrons. The summed E-state index contributed by atoms with van der Waals surface area (Å²) in [6.45, 7) is 8.88. The van der Waals surface area contributed by atoms with Crippen LogP contribution < -0.4 is 5.32 Å². The van der Waals surface area contributed by atoms with Crippen molar-refractivity contribution in [3.8, 4) is 0 Å². The molecule has 1 aliphatic carbocycles. The summed E-state index contributed by atoms with van der Waals surface area (Å²) < 4.78 is 5.75. The maximum atomic E-state index is 5.75. The first-order valence-electron chi connectivity index (χ1n) is 7.42. The number of hydrogen-bond acceptors (Lipinski definition) is 3. The second kappa shape index (κ2) is 6.72. The fraction of sp³-hybridized carbons (Fsp3) is 1.00. The highest BCUT2D eigenvalue weighted by atomic mass is 16.5. The molecular formula is C14H28N2O. The summed E-state index contributed by atoms with van der Waals surface area (Å²) in [5.41, 5.74) is 0. The molecule has 2 aliphatic rings. The van der Waals surface area contributed by atoms with E-state index >= 15 is 0 Å². The van der Waals surface area contributed by atoms with Gasteiger partial charge in [-0.25, -0.2) is 0 Å². The van der Waals surface area contributed by atoms with Crippen LogP contribution in [0.2, 0.25) is 0 Å². The average Bonchev–Trinajstić information content (AvgIpc) is 2.85. The van der Waals surface area contributed by atoms with Crippen molar-refractivity contribution >= 4 is 0 Å². The topological polar surface area (TPSA) is 24.5 Å². The molecule has 0 amide bonds. The van der Waals surface area contributed by atoms with E-state index in [1.165, 1.54) is 32.2 Å². The summed E-state index contributed by atoms with van der Waals surface area (Å²) in [6, 6.07) is 1.57. The third-order valence-corrected chi connectivity index (χ3v) is 4.23. The molecule has 0 aromatic carbocycles. The first-order valence-corrected chi connectivity index (χ1v) is 7.42. The molecule has 3 atom stereocenters. The minimum absolute atomic E-state index is 0.478. The number of hydrogen-bond donors (Lipinski definition) is 1. The van der Waals surface area contributed by atoms with Crippen LogP contribution in [0.15, 0.2) is 0 Å². The van der Waals surface area contributed by atoms with Crippen molar-refractivity contribution in [1.29, 1.82) is 0 Å². The van der Waals surface area contributed by atoms with E-state index in [2.05, 4.69) is 24.1 Å². The smallest absolute Gasteiger partial charge is 0.0700 e. The monoisotopic (exact) mass is 240 g/mol. The van der Waals surface area contributed by atoms with Gasteiger partial charge in [-0.05, 0) is 38.6 Å². The van der Waals surface area contributed by atoms with Crippen LogP contribution in [-0.2, 0) is 4.74 Å². The second-order valence-electron chi connectivity index (χ2n) is 5.51. The Morgan fingerprint density at radius 3 is 2.94 bits per heavy atom. The molecule has 3 unspecified atom stereocenters. The van der Waals surface area contributed by atoms with Crippen LogP contribution in [0.4, 0.5) is 0 Å². The molecule has 1 saturated heterocycles. The lowest BCUT2D eigenvalue weighted by Gasteiger charge is -2.36. The van der Waals surface area contributed by atoms with Gasteiger partial charge < -0.3 is 10.1 Å². The van der Waals surface area contributed by atoms with Crippen molar-refractivity contribution in [2.24, 2.45) is 0 Å². The number of ether oxygens (including phenoxy) is 1. The van der Waals surface area contributed by atoms with E-state index in [1.807, 2.05) is 0 Å². The summed E-state index contributed by atoms with van der Waals surface area (Å²) in [6.07, 6.45) is 6.95. The first kappa shape index (κ1) is 13.3. The number of nitrogens with zero attached hydrogens (tertiary/aromatic N) is 1. The molecule has 3 heteroatoms. The van der Waals surface area contributed by atoms with Crippen molar-refractivity contribution in [2.45, 2.75) is 64.1 Å². The molecule has 1 heterocycles. The van der Waals surface area contributed by atoms with Gasteiger partial charge in [0.2, 0.25) is 0 Å². The van der Waals surface area contributed by atoms with Crippen molar-refractivity contribution < 1.29 is 4.74 Å². The van der Waals surface area contributed by atoms with Crippen molar-refractivity contribution in [3.63, 3.8) is 0 Å². The molecule has 0 aromatic rings. The lowest BCUT2D eigenvalue weighted by Crippen LogP contribution is -2.47. The van der Waals surface area contributed by atoms with Gasteiger partial charge in [0.25, 0.3) is 0 Å². The molecule has 2 rings (SSSR count). The molecule has 0 radical (unpaired) electrons. The molecule has 1 aliphatic heterocycles. The van der Waals surface area contributed by atoms with Crippen LogP contribution in [0.3, 0.4) is 0 Å². The fourth-order valence-electron chi connectivity index (χ4n) is 3.14. The van der Waals surface area contributed by atoms with E-state index in [0.717, 1.165) is 38.2 Å². The van der Waals surface area contributed by atoms with Crippen LogP contribution in [0.25, 0.3) is 0 Å². The molecule has 0 bridgehead atoms. The number of morpholine rings is 1. The Balaban J connectivity index is 1.75. The van der Waals surface area contributed by atoms with E-state index in [9.17, 15) is 0 Å². The molecule has 0 aromatic heterocycles. The number of nitrogens with one attached hydrogen (secondary N) is 1. The molecule has 1 saturated carbocycles. The Bertz CT molecular complexity index is 222. The summed E-state index contributed by atoms with van der Waals surface area (Å²) in [7, 11) is 0. The highest BCUT2D eigenvalue weighted by Gasteiger charge is 2.31. The quantitative estimate of drug-likeness (QED) is 0.795.